The van der Waals surface area contributed by atoms with E-state index in [4.69, 9.17) is 14.2 Å². The highest BCUT2D eigenvalue weighted by molar-refractivity contribution is 7.92. The number of carboxylic acid groups (broad SMARTS) is 1. The van der Waals surface area contributed by atoms with Crippen molar-refractivity contribution in [3.05, 3.63) is 59.2 Å². The van der Waals surface area contributed by atoms with Crippen molar-refractivity contribution in [2.45, 2.75) is 59.3 Å². The number of aliphatic carboxylic acids is 1. The normalized spacial score (nSPS) is 11.8. The molecule has 2 aromatic carbocycles. The van der Waals surface area contributed by atoms with Crippen LogP contribution in [0.4, 0.5) is 5.69 Å². The Morgan fingerprint density at radius 2 is 1.62 bits per heavy atom. The second-order valence-electron chi connectivity index (χ2n) is 9.23. The van der Waals surface area contributed by atoms with Crippen molar-refractivity contribution < 1.29 is 32.5 Å². The zero-order chi connectivity index (χ0) is 28.7. The number of ether oxygens (including phenoxy) is 3. The summed E-state index contributed by atoms with van der Waals surface area (Å²) >= 11 is 0. The highest BCUT2D eigenvalue weighted by Crippen LogP contribution is 2.30. The zero-order valence-electron chi connectivity index (χ0n) is 23.6. The molecule has 0 aliphatic heterocycles. The highest BCUT2D eigenvalue weighted by atomic mass is 32.2. The number of sulfonamides is 1. The molecule has 0 unspecified atom stereocenters. The molecule has 39 heavy (non-hydrogen) atoms. The van der Waals surface area contributed by atoms with Gasteiger partial charge in [-0.3, -0.25) is 4.31 Å². The van der Waals surface area contributed by atoms with Crippen molar-refractivity contribution in [1.82, 2.24) is 0 Å². The van der Waals surface area contributed by atoms with E-state index < -0.39 is 16.0 Å². The number of rotatable bonds is 19. The predicted octanol–water partition coefficient (Wildman–Crippen LogP) is 5.95. The molecule has 0 bridgehead atoms. The zero-order valence-corrected chi connectivity index (χ0v) is 24.5. The smallest absolute Gasteiger partial charge is 0.331 e. The molecule has 0 aliphatic rings. The Hall–Kier alpha value is -3.04. The third-order valence-corrected chi connectivity index (χ3v) is 8.03. The quantitative estimate of drug-likeness (QED) is 0.167. The molecule has 1 N–H and O–H groups in total. The summed E-state index contributed by atoms with van der Waals surface area (Å²) in [5.74, 6) is 0.325. The van der Waals surface area contributed by atoms with Gasteiger partial charge in [-0.2, -0.15) is 0 Å². The summed E-state index contributed by atoms with van der Waals surface area (Å²) < 4.78 is 43.6. The molecule has 0 amide bonds. The minimum atomic E-state index is -3.33. The second-order valence-corrected chi connectivity index (χ2v) is 11.4. The average Bonchev–Trinajstić information content (AvgIpc) is 2.92. The third kappa shape index (κ3) is 10.9. The van der Waals surface area contributed by atoms with Gasteiger partial charge < -0.3 is 19.3 Å². The Bertz CT molecular complexity index is 1160. The molecule has 8 nitrogen and oxygen atoms in total. The number of nitrogens with zero attached hydrogens (tertiary/aromatic N) is 1. The first-order valence-electron chi connectivity index (χ1n) is 13.7. The van der Waals surface area contributed by atoms with E-state index in [-0.39, 0.29) is 11.3 Å². The number of hydrogen-bond acceptors (Lipinski definition) is 6. The van der Waals surface area contributed by atoms with Crippen LogP contribution in [0.2, 0.25) is 0 Å². The summed E-state index contributed by atoms with van der Waals surface area (Å²) in [6.07, 6.45) is 5.92. The van der Waals surface area contributed by atoms with E-state index in [0.29, 0.717) is 62.9 Å². The van der Waals surface area contributed by atoms with Crippen molar-refractivity contribution >= 4 is 27.8 Å². The lowest BCUT2D eigenvalue weighted by Crippen LogP contribution is -2.28. The van der Waals surface area contributed by atoms with Crippen LogP contribution >= 0.6 is 0 Å². The maximum Gasteiger partial charge on any atom is 0.331 e. The van der Waals surface area contributed by atoms with E-state index in [0.717, 1.165) is 30.4 Å². The Labute approximate surface area is 233 Å². The Balaban J connectivity index is 2.09. The van der Waals surface area contributed by atoms with Crippen molar-refractivity contribution in [1.29, 1.82) is 0 Å². The van der Waals surface area contributed by atoms with Crippen LogP contribution in [0.1, 0.15) is 64.0 Å². The van der Waals surface area contributed by atoms with E-state index in [1.165, 1.54) is 4.31 Å². The summed E-state index contributed by atoms with van der Waals surface area (Å²) in [4.78, 5) is 11.7. The molecule has 0 heterocycles. The molecule has 0 radical (unpaired) electrons. The number of anilines is 1. The maximum atomic E-state index is 12.5. The number of unbranched alkanes of at least 4 members (excludes halogenated alkanes) is 2. The third-order valence-electron chi connectivity index (χ3n) is 6.18. The molecule has 0 spiro atoms. The van der Waals surface area contributed by atoms with Crippen molar-refractivity contribution in [3.63, 3.8) is 0 Å². The molecule has 9 heteroatoms. The van der Waals surface area contributed by atoms with Gasteiger partial charge in [0.1, 0.15) is 0 Å². The van der Waals surface area contributed by atoms with Crippen LogP contribution in [-0.2, 0) is 26.0 Å². The summed E-state index contributed by atoms with van der Waals surface area (Å²) in [5, 5.41) is 9.56. The number of carboxylic acids is 1. The fraction of sp³-hybridized carbons (Fsp3) is 0.500. The molecule has 0 saturated carbocycles. The van der Waals surface area contributed by atoms with Crippen molar-refractivity contribution in [2.24, 2.45) is 0 Å². The minimum absolute atomic E-state index is 0.137. The van der Waals surface area contributed by atoms with Gasteiger partial charge in [-0.1, -0.05) is 44.9 Å². The fourth-order valence-electron chi connectivity index (χ4n) is 3.72. The summed E-state index contributed by atoms with van der Waals surface area (Å²) in [6.45, 7) is 7.75. The van der Waals surface area contributed by atoms with Crippen LogP contribution < -0.4 is 13.8 Å². The monoisotopic (exact) mass is 561 g/mol. The second kappa shape index (κ2) is 16.8. The largest absolute Gasteiger partial charge is 0.490 e. The van der Waals surface area contributed by atoms with Crippen LogP contribution in [0.15, 0.2) is 48.0 Å². The lowest BCUT2D eigenvalue weighted by Gasteiger charge is -2.19. The van der Waals surface area contributed by atoms with E-state index in [1.54, 1.807) is 25.3 Å². The Morgan fingerprint density at radius 3 is 2.26 bits per heavy atom. The minimum Gasteiger partial charge on any atom is -0.490 e. The molecular formula is C30H43NO7S. The first-order chi connectivity index (χ1) is 18.7. The summed E-state index contributed by atoms with van der Waals surface area (Å²) in [7, 11) is -1.74. The average molecular weight is 562 g/mol. The number of benzene rings is 2. The summed E-state index contributed by atoms with van der Waals surface area (Å²) in [6, 6.07) is 12.9. The molecular weight excluding hydrogens is 518 g/mol. The molecule has 2 aromatic rings. The topological polar surface area (TPSA) is 102 Å². The fourth-order valence-corrected chi connectivity index (χ4v) is 5.09. The summed E-state index contributed by atoms with van der Waals surface area (Å²) in [5.41, 5.74) is 2.64. The van der Waals surface area contributed by atoms with Crippen LogP contribution in [-0.4, -0.2) is 58.7 Å². The van der Waals surface area contributed by atoms with E-state index >= 15 is 0 Å². The van der Waals surface area contributed by atoms with Crippen LogP contribution in [0.3, 0.4) is 0 Å². The lowest BCUT2D eigenvalue weighted by molar-refractivity contribution is -0.132. The van der Waals surface area contributed by atoms with Crippen LogP contribution in [0.25, 0.3) is 6.08 Å². The molecule has 0 aromatic heterocycles. The molecule has 0 fully saturated rings. The van der Waals surface area contributed by atoms with Gasteiger partial charge in [0, 0.05) is 32.1 Å². The standard InChI is InChI=1S/C30H43NO7S/c1-5-8-18-37-29-23-25(22-26(30(32)33)17-19-36-7-3)12-15-28(29)38-20-16-24-10-13-27(14-11-24)31(4)39(34,35)21-9-6-2/h10-15,22-23H,5-9,16-21H2,1-4H3,(H,32,33). The van der Waals surface area contributed by atoms with Gasteiger partial charge in [-0.15, -0.1) is 0 Å². The van der Waals surface area contributed by atoms with Gasteiger partial charge in [0.2, 0.25) is 10.0 Å². The first-order valence-corrected chi connectivity index (χ1v) is 15.3. The Kier molecular flexibility index (Phi) is 13.9. The first kappa shape index (κ1) is 32.2. The molecule has 0 saturated heterocycles. The van der Waals surface area contributed by atoms with Crippen molar-refractivity contribution in [2.75, 3.05) is 43.5 Å². The van der Waals surface area contributed by atoms with Gasteiger partial charge in [-0.05, 0) is 61.2 Å². The Morgan fingerprint density at radius 1 is 0.923 bits per heavy atom. The molecule has 0 aliphatic carbocycles. The van der Waals surface area contributed by atoms with Gasteiger partial charge in [0.15, 0.2) is 11.5 Å². The predicted molar refractivity (Wildman–Crippen MR) is 156 cm³/mol. The lowest BCUT2D eigenvalue weighted by atomic mass is 10.1. The number of hydrogen-bond donors (Lipinski definition) is 1. The van der Waals surface area contributed by atoms with Crippen LogP contribution in [0, 0.1) is 0 Å². The van der Waals surface area contributed by atoms with Gasteiger partial charge in [0.05, 0.1) is 31.3 Å². The molecule has 2 rings (SSSR count). The van der Waals surface area contributed by atoms with Crippen LogP contribution in [0.5, 0.6) is 11.5 Å². The SMILES string of the molecule is CCCCOc1cc(C=C(CCOCC)C(=O)O)ccc1OCCc1ccc(N(C)S(=O)(=O)CCCC)cc1. The van der Waals surface area contributed by atoms with Gasteiger partial charge >= 0.3 is 5.97 Å². The molecule has 0 atom stereocenters. The van der Waals surface area contributed by atoms with Crippen molar-refractivity contribution in [3.8, 4) is 11.5 Å². The van der Waals surface area contributed by atoms with E-state index in [2.05, 4.69) is 6.92 Å². The maximum absolute atomic E-state index is 12.5. The molecule has 216 valence electrons. The van der Waals surface area contributed by atoms with Gasteiger partial charge in [-0.25, -0.2) is 13.2 Å². The van der Waals surface area contributed by atoms with E-state index in [9.17, 15) is 18.3 Å². The van der Waals surface area contributed by atoms with E-state index in [1.807, 2.05) is 44.2 Å². The highest BCUT2D eigenvalue weighted by Gasteiger charge is 2.17. The van der Waals surface area contributed by atoms with Gasteiger partial charge in [0.25, 0.3) is 0 Å². The number of carbonyl (C=O) groups is 1.